The number of guanidine groups is 1. The number of phenolic OH excluding ortho intramolecular Hbond substituents is 1. The summed E-state index contributed by atoms with van der Waals surface area (Å²) in [6.07, 6.45) is 0. The van der Waals surface area contributed by atoms with Gasteiger partial charge in [-0.15, -0.1) is 0 Å². The summed E-state index contributed by atoms with van der Waals surface area (Å²) in [5, 5.41) is 9.94. The Morgan fingerprint density at radius 2 is 2.21 bits per heavy atom. The first-order chi connectivity index (χ1) is 9.22. The maximum Gasteiger partial charge on any atom is 0.191 e. The minimum atomic E-state index is 0.114. The molecule has 0 bridgehead atoms. The van der Waals surface area contributed by atoms with Gasteiger partial charge in [-0.1, -0.05) is 12.1 Å². The lowest BCUT2D eigenvalue weighted by Gasteiger charge is -2.27. The zero-order valence-electron chi connectivity index (χ0n) is 11.0. The number of morpholine rings is 1. The second-order valence-corrected chi connectivity index (χ2v) is 4.24. The van der Waals surface area contributed by atoms with Crippen LogP contribution < -0.4 is 10.5 Å². The van der Waals surface area contributed by atoms with Gasteiger partial charge in [0.25, 0.3) is 0 Å². The van der Waals surface area contributed by atoms with Gasteiger partial charge in [0, 0.05) is 18.7 Å². The lowest BCUT2D eigenvalue weighted by molar-refractivity contribution is 0.0674. The van der Waals surface area contributed by atoms with Gasteiger partial charge in [-0.3, -0.25) is 0 Å². The van der Waals surface area contributed by atoms with E-state index >= 15 is 0 Å². The Kier molecular flexibility index (Phi) is 4.46. The van der Waals surface area contributed by atoms with Crippen LogP contribution in [0.1, 0.15) is 5.56 Å². The molecule has 0 amide bonds. The van der Waals surface area contributed by atoms with E-state index in [-0.39, 0.29) is 5.75 Å². The van der Waals surface area contributed by atoms with Gasteiger partial charge in [-0.25, -0.2) is 4.99 Å². The van der Waals surface area contributed by atoms with Gasteiger partial charge in [0.15, 0.2) is 17.5 Å². The SMILES string of the molecule is COc1cccc(CN=C(N)N2CCOCC2)c1O. The molecule has 1 aromatic rings. The van der Waals surface area contributed by atoms with Crippen molar-refractivity contribution in [3.63, 3.8) is 0 Å². The molecule has 1 aliphatic rings. The largest absolute Gasteiger partial charge is 0.504 e. The zero-order chi connectivity index (χ0) is 13.7. The molecule has 0 unspecified atom stereocenters. The van der Waals surface area contributed by atoms with Crippen LogP contribution in [0.4, 0.5) is 0 Å². The van der Waals surface area contributed by atoms with Crippen molar-refractivity contribution in [2.75, 3.05) is 33.4 Å². The molecule has 0 aliphatic carbocycles. The number of hydrogen-bond acceptors (Lipinski definition) is 4. The molecule has 0 atom stereocenters. The molecule has 6 nitrogen and oxygen atoms in total. The Labute approximate surface area is 112 Å². The molecule has 1 aromatic carbocycles. The monoisotopic (exact) mass is 265 g/mol. The molecule has 1 saturated heterocycles. The van der Waals surface area contributed by atoms with E-state index in [4.69, 9.17) is 15.2 Å². The van der Waals surface area contributed by atoms with Crippen LogP contribution >= 0.6 is 0 Å². The fourth-order valence-electron chi connectivity index (χ4n) is 1.92. The Bertz CT molecular complexity index is 456. The molecule has 19 heavy (non-hydrogen) atoms. The molecule has 1 fully saturated rings. The molecule has 0 radical (unpaired) electrons. The Balaban J connectivity index is 2.04. The molecule has 0 saturated carbocycles. The predicted octanol–water partition coefficient (Wildman–Crippen LogP) is 0.548. The molecule has 2 rings (SSSR count). The summed E-state index contributed by atoms with van der Waals surface area (Å²) in [4.78, 5) is 6.28. The zero-order valence-corrected chi connectivity index (χ0v) is 11.0. The number of rotatable bonds is 3. The van der Waals surface area contributed by atoms with E-state index in [1.807, 2.05) is 11.0 Å². The molecule has 0 aromatic heterocycles. The standard InChI is InChI=1S/C13H19N3O3/c1-18-11-4-2-3-10(12(11)17)9-15-13(14)16-5-7-19-8-6-16/h2-4,17H,5-9H2,1H3,(H2,14,15). The molecule has 104 valence electrons. The van der Waals surface area contributed by atoms with Crippen LogP contribution in [0.25, 0.3) is 0 Å². The van der Waals surface area contributed by atoms with Gasteiger partial charge in [-0.05, 0) is 6.07 Å². The van der Waals surface area contributed by atoms with Gasteiger partial charge >= 0.3 is 0 Å². The van der Waals surface area contributed by atoms with Crippen molar-refractivity contribution < 1.29 is 14.6 Å². The topological polar surface area (TPSA) is 80.3 Å². The van der Waals surface area contributed by atoms with Gasteiger partial charge in [0.2, 0.25) is 0 Å². The van der Waals surface area contributed by atoms with E-state index in [1.165, 1.54) is 7.11 Å². The summed E-state index contributed by atoms with van der Waals surface area (Å²) in [5.41, 5.74) is 6.61. The average molecular weight is 265 g/mol. The number of benzene rings is 1. The second-order valence-electron chi connectivity index (χ2n) is 4.24. The number of hydrogen-bond donors (Lipinski definition) is 2. The number of methoxy groups -OCH3 is 1. The maximum absolute atomic E-state index is 9.94. The first kappa shape index (κ1) is 13.5. The number of para-hydroxylation sites is 1. The van der Waals surface area contributed by atoms with Crippen molar-refractivity contribution in [3.05, 3.63) is 23.8 Å². The summed E-state index contributed by atoms with van der Waals surface area (Å²) in [5.74, 6) is 1.03. The normalized spacial score (nSPS) is 16.5. The minimum Gasteiger partial charge on any atom is -0.504 e. The van der Waals surface area contributed by atoms with E-state index in [0.29, 0.717) is 37.0 Å². The van der Waals surface area contributed by atoms with Crippen LogP contribution in [0, 0.1) is 0 Å². The molecule has 6 heteroatoms. The van der Waals surface area contributed by atoms with E-state index in [0.717, 1.165) is 13.1 Å². The number of aliphatic imine (C=N–C) groups is 1. The highest BCUT2D eigenvalue weighted by Gasteiger charge is 2.12. The Morgan fingerprint density at radius 1 is 1.47 bits per heavy atom. The lowest BCUT2D eigenvalue weighted by Crippen LogP contribution is -2.44. The molecular formula is C13H19N3O3. The van der Waals surface area contributed by atoms with Crippen LogP contribution in [-0.2, 0) is 11.3 Å². The second kappa shape index (κ2) is 6.29. The molecule has 1 heterocycles. The molecule has 3 N–H and O–H groups in total. The van der Waals surface area contributed by atoms with Crippen molar-refractivity contribution in [2.45, 2.75) is 6.54 Å². The van der Waals surface area contributed by atoms with Crippen LogP contribution in [-0.4, -0.2) is 49.4 Å². The predicted molar refractivity (Wildman–Crippen MR) is 72.4 cm³/mol. The summed E-state index contributed by atoms with van der Waals surface area (Å²) < 4.78 is 10.3. The third-order valence-corrected chi connectivity index (χ3v) is 3.05. The smallest absolute Gasteiger partial charge is 0.191 e. The number of phenols is 1. The van der Waals surface area contributed by atoms with Gasteiger partial charge in [0.05, 0.1) is 26.9 Å². The van der Waals surface area contributed by atoms with Crippen molar-refractivity contribution in [2.24, 2.45) is 10.7 Å². The van der Waals surface area contributed by atoms with Crippen LogP contribution in [0.15, 0.2) is 23.2 Å². The van der Waals surface area contributed by atoms with Gasteiger partial charge in [-0.2, -0.15) is 0 Å². The van der Waals surface area contributed by atoms with E-state index in [2.05, 4.69) is 4.99 Å². The lowest BCUT2D eigenvalue weighted by atomic mass is 10.2. The number of aromatic hydroxyl groups is 1. The average Bonchev–Trinajstić information content (AvgIpc) is 2.47. The first-order valence-corrected chi connectivity index (χ1v) is 6.20. The highest BCUT2D eigenvalue weighted by molar-refractivity contribution is 5.78. The van der Waals surface area contributed by atoms with E-state index < -0.39 is 0 Å². The fourth-order valence-corrected chi connectivity index (χ4v) is 1.92. The number of nitrogens with two attached hydrogens (primary N) is 1. The van der Waals surface area contributed by atoms with Crippen molar-refractivity contribution in [1.29, 1.82) is 0 Å². The first-order valence-electron chi connectivity index (χ1n) is 6.20. The van der Waals surface area contributed by atoms with Gasteiger partial charge < -0.3 is 25.2 Å². The third-order valence-electron chi connectivity index (χ3n) is 3.05. The molecular weight excluding hydrogens is 246 g/mol. The number of ether oxygens (including phenoxy) is 2. The van der Waals surface area contributed by atoms with Crippen LogP contribution in [0.5, 0.6) is 11.5 Å². The molecule has 0 spiro atoms. The highest BCUT2D eigenvalue weighted by Crippen LogP contribution is 2.29. The number of nitrogens with zero attached hydrogens (tertiary/aromatic N) is 2. The minimum absolute atomic E-state index is 0.114. The maximum atomic E-state index is 9.94. The van der Waals surface area contributed by atoms with Crippen molar-refractivity contribution >= 4 is 5.96 Å². The highest BCUT2D eigenvalue weighted by atomic mass is 16.5. The van der Waals surface area contributed by atoms with Crippen molar-refractivity contribution in [1.82, 2.24) is 4.90 Å². The van der Waals surface area contributed by atoms with Crippen molar-refractivity contribution in [3.8, 4) is 11.5 Å². The van der Waals surface area contributed by atoms with Gasteiger partial charge in [0.1, 0.15) is 0 Å². The summed E-state index contributed by atoms with van der Waals surface area (Å²) >= 11 is 0. The van der Waals surface area contributed by atoms with E-state index in [9.17, 15) is 5.11 Å². The third kappa shape index (κ3) is 3.29. The summed E-state index contributed by atoms with van der Waals surface area (Å²) in [6.45, 7) is 3.16. The Morgan fingerprint density at radius 3 is 2.89 bits per heavy atom. The summed E-state index contributed by atoms with van der Waals surface area (Å²) in [6, 6.07) is 5.32. The van der Waals surface area contributed by atoms with E-state index in [1.54, 1.807) is 12.1 Å². The quantitative estimate of drug-likeness (QED) is 0.616. The van der Waals surface area contributed by atoms with Crippen LogP contribution in [0.3, 0.4) is 0 Å². The molecule has 1 aliphatic heterocycles. The fraction of sp³-hybridized carbons (Fsp3) is 0.462. The summed E-state index contributed by atoms with van der Waals surface area (Å²) in [7, 11) is 1.52. The van der Waals surface area contributed by atoms with Crippen LogP contribution in [0.2, 0.25) is 0 Å². The Hall–Kier alpha value is -1.95.